The molecule has 2 heterocycles. The second kappa shape index (κ2) is 8.93. The van der Waals surface area contributed by atoms with Crippen molar-refractivity contribution in [2.75, 3.05) is 0 Å². The minimum atomic E-state index is -1.51. The average Bonchev–Trinajstić information content (AvgIpc) is 3.07. The van der Waals surface area contributed by atoms with Gasteiger partial charge in [0.25, 0.3) is 5.91 Å². The van der Waals surface area contributed by atoms with E-state index in [2.05, 4.69) is 0 Å². The molecule has 5 rings (SSSR count). The predicted octanol–water partition coefficient (Wildman–Crippen LogP) is 1.97. The van der Waals surface area contributed by atoms with Crippen LogP contribution < -0.4 is 10.2 Å². The summed E-state index contributed by atoms with van der Waals surface area (Å²) in [4.78, 5) is 28.8. The van der Waals surface area contributed by atoms with E-state index < -0.39 is 13.2 Å². The van der Waals surface area contributed by atoms with Gasteiger partial charge in [0.2, 0.25) is 0 Å². The van der Waals surface area contributed by atoms with Crippen molar-refractivity contribution in [2.24, 2.45) is 0 Å². The van der Waals surface area contributed by atoms with Crippen molar-refractivity contribution in [2.45, 2.75) is 32.2 Å². The Morgan fingerprint density at radius 1 is 0.941 bits per heavy atom. The van der Waals surface area contributed by atoms with Crippen LogP contribution >= 0.6 is 0 Å². The van der Waals surface area contributed by atoms with Crippen LogP contribution in [0, 0.1) is 5.82 Å². The molecule has 1 atom stereocenters. The second-order valence-corrected chi connectivity index (χ2v) is 8.52. The number of carbonyl (C=O) groups excluding carboxylic acids is 2. The number of ether oxygens (including phenoxy) is 1. The molecule has 3 amide bonds. The van der Waals surface area contributed by atoms with Crippen molar-refractivity contribution >= 4 is 24.5 Å². The Balaban J connectivity index is 1.27. The molecule has 0 unspecified atom stereocenters. The quantitative estimate of drug-likeness (QED) is 0.434. The lowest BCUT2D eigenvalue weighted by Crippen LogP contribution is -2.40. The van der Waals surface area contributed by atoms with E-state index >= 15 is 0 Å². The first-order valence-corrected chi connectivity index (χ1v) is 10.9. The number of nitrogens with zero attached hydrogens (tertiary/aromatic N) is 2. The standard InChI is InChI=1S/C25H22BFN2O5/c27-21-8-3-16(4-9-21)13-29-24(30)23-12-18-5-10-22(11-19(18)14-28(23)25(29)31)34-15-17-1-6-20(7-2-17)26(32)33/h1-11,23,32-33H,12-15H2/t23-/m0/s1. The molecule has 34 heavy (non-hydrogen) atoms. The van der Waals surface area contributed by atoms with Crippen molar-refractivity contribution in [1.82, 2.24) is 9.80 Å². The Morgan fingerprint density at radius 2 is 1.65 bits per heavy atom. The highest BCUT2D eigenvalue weighted by Crippen LogP contribution is 2.33. The van der Waals surface area contributed by atoms with Crippen LogP contribution in [0.1, 0.15) is 22.3 Å². The predicted molar refractivity (Wildman–Crippen MR) is 122 cm³/mol. The second-order valence-electron chi connectivity index (χ2n) is 8.52. The largest absolute Gasteiger partial charge is 0.489 e. The third-order valence-electron chi connectivity index (χ3n) is 6.27. The van der Waals surface area contributed by atoms with Gasteiger partial charge in [-0.2, -0.15) is 0 Å². The first-order chi connectivity index (χ1) is 16.4. The number of fused-ring (bicyclic) bond motifs is 2. The van der Waals surface area contributed by atoms with E-state index in [1.165, 1.54) is 17.0 Å². The third kappa shape index (κ3) is 4.27. The minimum Gasteiger partial charge on any atom is -0.489 e. The Bertz CT molecular complexity index is 1230. The summed E-state index contributed by atoms with van der Waals surface area (Å²) in [6.45, 7) is 0.725. The van der Waals surface area contributed by atoms with Crippen molar-refractivity contribution in [1.29, 1.82) is 0 Å². The van der Waals surface area contributed by atoms with E-state index in [0.717, 1.165) is 16.7 Å². The van der Waals surface area contributed by atoms with E-state index in [1.54, 1.807) is 41.3 Å². The Hall–Kier alpha value is -3.69. The van der Waals surface area contributed by atoms with E-state index in [-0.39, 0.29) is 24.3 Å². The molecule has 9 heteroatoms. The molecule has 3 aromatic carbocycles. The van der Waals surface area contributed by atoms with Crippen molar-refractivity contribution in [3.63, 3.8) is 0 Å². The van der Waals surface area contributed by atoms with E-state index in [1.807, 2.05) is 18.2 Å². The van der Waals surface area contributed by atoms with Crippen LogP contribution in [0.25, 0.3) is 0 Å². The van der Waals surface area contributed by atoms with Crippen molar-refractivity contribution in [3.05, 3.63) is 94.8 Å². The molecular formula is C25H22BFN2O5. The molecule has 0 aliphatic carbocycles. The normalized spacial score (nSPS) is 17.0. The number of urea groups is 1. The summed E-state index contributed by atoms with van der Waals surface area (Å²) in [5, 5.41) is 18.4. The van der Waals surface area contributed by atoms with Crippen LogP contribution in [0.5, 0.6) is 5.75 Å². The first kappa shape index (κ1) is 22.1. The average molecular weight is 460 g/mol. The molecule has 0 spiro atoms. The molecule has 0 saturated carbocycles. The summed E-state index contributed by atoms with van der Waals surface area (Å²) in [7, 11) is -1.51. The molecule has 172 valence electrons. The van der Waals surface area contributed by atoms with Gasteiger partial charge in [0.05, 0.1) is 6.54 Å². The molecule has 0 bridgehead atoms. The van der Waals surface area contributed by atoms with Gasteiger partial charge in [-0.3, -0.25) is 9.69 Å². The lowest BCUT2D eigenvalue weighted by molar-refractivity contribution is -0.128. The topological polar surface area (TPSA) is 90.3 Å². The molecule has 3 aromatic rings. The van der Waals surface area contributed by atoms with Crippen LogP contribution in [-0.4, -0.2) is 44.9 Å². The number of imide groups is 1. The van der Waals surface area contributed by atoms with Crippen LogP contribution in [0.15, 0.2) is 66.7 Å². The van der Waals surface area contributed by atoms with Gasteiger partial charge in [-0.05, 0) is 52.0 Å². The summed E-state index contributed by atoms with van der Waals surface area (Å²) >= 11 is 0. The lowest BCUT2D eigenvalue weighted by Gasteiger charge is -2.29. The molecule has 0 radical (unpaired) electrons. The van der Waals surface area contributed by atoms with E-state index in [4.69, 9.17) is 4.74 Å². The fourth-order valence-corrected chi connectivity index (χ4v) is 4.37. The zero-order valence-corrected chi connectivity index (χ0v) is 18.2. The highest BCUT2D eigenvalue weighted by Gasteiger charge is 2.47. The minimum absolute atomic E-state index is 0.113. The number of carbonyl (C=O) groups is 2. The fourth-order valence-electron chi connectivity index (χ4n) is 4.37. The molecule has 1 fully saturated rings. The first-order valence-electron chi connectivity index (χ1n) is 10.9. The molecule has 2 N–H and O–H groups in total. The fraction of sp³-hybridized carbons (Fsp3) is 0.200. The maximum atomic E-state index is 13.2. The van der Waals surface area contributed by atoms with Gasteiger partial charge >= 0.3 is 13.1 Å². The van der Waals surface area contributed by atoms with Gasteiger partial charge < -0.3 is 19.7 Å². The number of amides is 3. The maximum absolute atomic E-state index is 13.2. The van der Waals surface area contributed by atoms with Gasteiger partial charge in [0.1, 0.15) is 24.2 Å². The summed E-state index contributed by atoms with van der Waals surface area (Å²) in [5.74, 6) is 0.0380. The maximum Gasteiger partial charge on any atom is 0.488 e. The molecule has 2 aliphatic rings. The summed E-state index contributed by atoms with van der Waals surface area (Å²) in [5.41, 5.74) is 3.90. The number of benzene rings is 3. The number of hydrogen-bond donors (Lipinski definition) is 2. The lowest BCUT2D eigenvalue weighted by atomic mass is 9.80. The van der Waals surface area contributed by atoms with Crippen LogP contribution in [0.2, 0.25) is 0 Å². The molecule has 0 aromatic heterocycles. The van der Waals surface area contributed by atoms with E-state index in [0.29, 0.717) is 36.3 Å². The van der Waals surface area contributed by atoms with Gasteiger partial charge in [0, 0.05) is 13.0 Å². The monoisotopic (exact) mass is 460 g/mol. The molecule has 2 aliphatic heterocycles. The van der Waals surface area contributed by atoms with Crippen LogP contribution in [-0.2, 0) is 30.9 Å². The number of hydrogen-bond acceptors (Lipinski definition) is 5. The summed E-state index contributed by atoms with van der Waals surface area (Å²) < 4.78 is 19.1. The zero-order valence-electron chi connectivity index (χ0n) is 18.2. The Morgan fingerprint density at radius 3 is 2.35 bits per heavy atom. The Labute approximate surface area is 196 Å². The molecule has 7 nitrogen and oxygen atoms in total. The molecular weight excluding hydrogens is 438 g/mol. The van der Waals surface area contributed by atoms with Crippen LogP contribution in [0.3, 0.4) is 0 Å². The van der Waals surface area contributed by atoms with Crippen molar-refractivity contribution in [3.8, 4) is 5.75 Å². The molecule has 1 saturated heterocycles. The smallest absolute Gasteiger partial charge is 0.488 e. The van der Waals surface area contributed by atoms with E-state index in [9.17, 15) is 24.0 Å². The highest BCUT2D eigenvalue weighted by atomic mass is 19.1. The van der Waals surface area contributed by atoms with Gasteiger partial charge in [0.15, 0.2) is 0 Å². The summed E-state index contributed by atoms with van der Waals surface area (Å²) in [6, 6.07) is 17.3. The van der Waals surface area contributed by atoms with Gasteiger partial charge in [-0.15, -0.1) is 0 Å². The summed E-state index contributed by atoms with van der Waals surface area (Å²) in [6.07, 6.45) is 0.436. The highest BCUT2D eigenvalue weighted by molar-refractivity contribution is 6.58. The van der Waals surface area contributed by atoms with Crippen molar-refractivity contribution < 1.29 is 28.8 Å². The third-order valence-corrected chi connectivity index (χ3v) is 6.27. The van der Waals surface area contributed by atoms with Gasteiger partial charge in [-0.1, -0.05) is 42.5 Å². The van der Waals surface area contributed by atoms with Crippen LogP contribution in [0.4, 0.5) is 9.18 Å². The van der Waals surface area contributed by atoms with Gasteiger partial charge in [-0.25, -0.2) is 9.18 Å². The Kier molecular flexibility index (Phi) is 5.81. The number of halogens is 1. The SMILES string of the molecule is O=C1[C@@H]2Cc3ccc(OCc4ccc(B(O)O)cc4)cc3CN2C(=O)N1Cc1ccc(F)cc1. The zero-order chi connectivity index (χ0) is 23.8. The number of rotatable bonds is 6.